The number of hydrogen-bond acceptors (Lipinski definition) is 9. The van der Waals surface area contributed by atoms with E-state index < -0.39 is 23.1 Å². The molecule has 2 heterocycles. The molecule has 0 bridgehead atoms. The Morgan fingerprint density at radius 1 is 1.48 bits per heavy atom. The van der Waals surface area contributed by atoms with Gasteiger partial charge in [0.05, 0.1) is 18.1 Å². The number of aromatic nitrogens is 2. The molecule has 1 aliphatic heterocycles. The number of ether oxygens (including phenoxy) is 1. The first-order chi connectivity index (χ1) is 9.99. The third-order valence-corrected chi connectivity index (χ3v) is 2.78. The summed E-state index contributed by atoms with van der Waals surface area (Å²) in [5, 5.41) is 22.2. The van der Waals surface area contributed by atoms with Crippen molar-refractivity contribution in [3.63, 3.8) is 0 Å². The number of carboxylic acids is 1. The molecule has 1 saturated heterocycles. The van der Waals surface area contributed by atoms with E-state index in [0.717, 1.165) is 0 Å². The van der Waals surface area contributed by atoms with E-state index in [1.807, 2.05) is 0 Å². The van der Waals surface area contributed by atoms with E-state index in [2.05, 4.69) is 15.3 Å². The third-order valence-electron chi connectivity index (χ3n) is 2.78. The van der Waals surface area contributed by atoms with Gasteiger partial charge in [0.2, 0.25) is 17.6 Å². The Kier molecular flexibility index (Phi) is 4.33. The summed E-state index contributed by atoms with van der Waals surface area (Å²) in [5.74, 6) is -1.43. The average molecular weight is 298 g/mol. The summed E-state index contributed by atoms with van der Waals surface area (Å²) < 4.78 is 5.18. The lowest BCUT2D eigenvalue weighted by Crippen LogP contribution is -2.37. The van der Waals surface area contributed by atoms with Gasteiger partial charge in [-0.25, -0.2) is 0 Å². The van der Waals surface area contributed by atoms with E-state index in [1.54, 1.807) is 4.90 Å². The van der Waals surface area contributed by atoms with Gasteiger partial charge in [0.1, 0.15) is 6.54 Å². The molecule has 0 aromatic carbocycles. The fourth-order valence-electron chi connectivity index (χ4n) is 1.86. The lowest BCUT2D eigenvalue weighted by Gasteiger charge is -2.27. The summed E-state index contributed by atoms with van der Waals surface area (Å²) in [6, 6.07) is 0. The molecule has 114 valence electrons. The molecule has 11 heteroatoms. The van der Waals surface area contributed by atoms with Crippen molar-refractivity contribution in [1.82, 2.24) is 9.97 Å². The number of rotatable bonds is 5. The predicted octanol–water partition coefficient (Wildman–Crippen LogP) is -0.700. The number of morpholine rings is 1. The topological polar surface area (TPSA) is 157 Å². The highest BCUT2D eigenvalue weighted by molar-refractivity contribution is 5.74. The van der Waals surface area contributed by atoms with Crippen LogP contribution in [0.25, 0.3) is 0 Å². The van der Waals surface area contributed by atoms with E-state index in [9.17, 15) is 14.9 Å². The molecule has 11 nitrogen and oxygen atoms in total. The van der Waals surface area contributed by atoms with Crippen molar-refractivity contribution < 1.29 is 19.6 Å². The highest BCUT2D eigenvalue weighted by Gasteiger charge is 2.28. The van der Waals surface area contributed by atoms with E-state index in [1.165, 1.54) is 0 Å². The SMILES string of the molecule is Nc1nc(NCC(=O)O)nc(N2CCOCC2)c1[N+](=O)[O-]. The van der Waals surface area contributed by atoms with Crippen molar-refractivity contribution in [1.29, 1.82) is 0 Å². The van der Waals surface area contributed by atoms with E-state index in [4.69, 9.17) is 15.6 Å². The second kappa shape index (κ2) is 6.17. The van der Waals surface area contributed by atoms with Crippen LogP contribution in [0.15, 0.2) is 0 Å². The number of hydrogen-bond donors (Lipinski definition) is 3. The van der Waals surface area contributed by atoms with Crippen LogP contribution in [0.5, 0.6) is 0 Å². The molecule has 0 saturated carbocycles. The van der Waals surface area contributed by atoms with Crippen molar-refractivity contribution in [3.8, 4) is 0 Å². The maximum absolute atomic E-state index is 11.1. The monoisotopic (exact) mass is 298 g/mol. The Labute approximate surface area is 118 Å². The molecule has 2 rings (SSSR count). The van der Waals surface area contributed by atoms with Crippen LogP contribution in [0.4, 0.5) is 23.3 Å². The first kappa shape index (κ1) is 14.7. The Bertz CT molecular complexity index is 559. The fourth-order valence-corrected chi connectivity index (χ4v) is 1.86. The fraction of sp³-hybridized carbons (Fsp3) is 0.500. The molecule has 0 unspecified atom stereocenters. The van der Waals surface area contributed by atoms with Gasteiger partial charge in [0.15, 0.2) is 0 Å². The van der Waals surface area contributed by atoms with Gasteiger partial charge in [0.25, 0.3) is 0 Å². The normalized spacial score (nSPS) is 14.8. The summed E-state index contributed by atoms with van der Waals surface area (Å²) in [6.45, 7) is 1.27. The Hall–Kier alpha value is -2.69. The van der Waals surface area contributed by atoms with Gasteiger partial charge in [0, 0.05) is 13.1 Å². The van der Waals surface area contributed by atoms with Gasteiger partial charge in [-0.15, -0.1) is 0 Å². The molecule has 0 spiro atoms. The lowest BCUT2D eigenvalue weighted by atomic mass is 10.3. The largest absolute Gasteiger partial charge is 0.480 e. The number of nitrogens with two attached hydrogens (primary N) is 1. The molecule has 1 aromatic rings. The van der Waals surface area contributed by atoms with Crippen molar-refractivity contribution in [2.45, 2.75) is 0 Å². The van der Waals surface area contributed by atoms with Crippen LogP contribution in [0.1, 0.15) is 0 Å². The van der Waals surface area contributed by atoms with Crippen molar-refractivity contribution in [2.75, 3.05) is 48.8 Å². The van der Waals surface area contributed by atoms with Crippen molar-refractivity contribution >= 4 is 29.2 Å². The van der Waals surface area contributed by atoms with Gasteiger partial charge >= 0.3 is 11.7 Å². The smallest absolute Gasteiger partial charge is 0.353 e. The number of nitrogens with zero attached hydrogens (tertiary/aromatic N) is 4. The highest BCUT2D eigenvalue weighted by atomic mass is 16.6. The van der Waals surface area contributed by atoms with E-state index >= 15 is 0 Å². The maximum Gasteiger partial charge on any atom is 0.353 e. The molecule has 0 radical (unpaired) electrons. The molecule has 0 amide bonds. The first-order valence-corrected chi connectivity index (χ1v) is 6.09. The number of nitro groups is 1. The van der Waals surface area contributed by atoms with Gasteiger partial charge in [-0.1, -0.05) is 0 Å². The molecule has 4 N–H and O–H groups in total. The van der Waals surface area contributed by atoms with Crippen LogP contribution in [0.3, 0.4) is 0 Å². The second-order valence-electron chi connectivity index (χ2n) is 4.21. The Morgan fingerprint density at radius 3 is 2.71 bits per heavy atom. The number of carbonyl (C=O) groups is 1. The molecule has 1 fully saturated rings. The molecular weight excluding hydrogens is 284 g/mol. The molecule has 21 heavy (non-hydrogen) atoms. The zero-order valence-electron chi connectivity index (χ0n) is 11.0. The number of nitrogen functional groups attached to an aromatic ring is 1. The summed E-state index contributed by atoms with van der Waals surface area (Å²) in [7, 11) is 0. The Morgan fingerprint density at radius 2 is 2.14 bits per heavy atom. The molecular formula is C10H14N6O5. The zero-order chi connectivity index (χ0) is 15.4. The van der Waals surface area contributed by atoms with Crippen LogP contribution >= 0.6 is 0 Å². The van der Waals surface area contributed by atoms with E-state index in [0.29, 0.717) is 26.3 Å². The quantitative estimate of drug-likeness (QED) is 0.469. The minimum atomic E-state index is -1.11. The van der Waals surface area contributed by atoms with Gasteiger partial charge in [-0.05, 0) is 0 Å². The van der Waals surface area contributed by atoms with Crippen molar-refractivity contribution in [2.24, 2.45) is 0 Å². The van der Waals surface area contributed by atoms with Crippen LogP contribution < -0.4 is 16.0 Å². The van der Waals surface area contributed by atoms with Gasteiger partial charge in [-0.3, -0.25) is 14.9 Å². The van der Waals surface area contributed by atoms with Gasteiger partial charge < -0.3 is 25.8 Å². The van der Waals surface area contributed by atoms with Gasteiger partial charge in [-0.2, -0.15) is 9.97 Å². The van der Waals surface area contributed by atoms with Crippen LogP contribution in [-0.4, -0.2) is 58.8 Å². The number of carboxylic acid groups (broad SMARTS) is 1. The number of anilines is 3. The summed E-state index contributed by atoms with van der Waals surface area (Å²) >= 11 is 0. The number of nitrogens with one attached hydrogen (secondary N) is 1. The summed E-state index contributed by atoms with van der Waals surface area (Å²) in [5.41, 5.74) is 5.21. The molecule has 1 aromatic heterocycles. The second-order valence-corrected chi connectivity index (χ2v) is 4.21. The summed E-state index contributed by atoms with van der Waals surface area (Å²) in [4.78, 5) is 30.4. The van der Waals surface area contributed by atoms with Crippen LogP contribution in [0.2, 0.25) is 0 Å². The Balaban J connectivity index is 2.37. The van der Waals surface area contributed by atoms with Crippen molar-refractivity contribution in [3.05, 3.63) is 10.1 Å². The molecule has 1 aliphatic rings. The average Bonchev–Trinajstić information content (AvgIpc) is 2.45. The van der Waals surface area contributed by atoms with E-state index in [-0.39, 0.29) is 17.6 Å². The van der Waals surface area contributed by atoms with Crippen LogP contribution in [-0.2, 0) is 9.53 Å². The minimum absolute atomic E-state index is 0.0590. The number of aliphatic carboxylic acids is 1. The minimum Gasteiger partial charge on any atom is -0.480 e. The highest BCUT2D eigenvalue weighted by Crippen LogP contribution is 2.32. The predicted molar refractivity (Wildman–Crippen MR) is 72.3 cm³/mol. The molecule has 0 atom stereocenters. The standard InChI is InChI=1S/C10H14N6O5/c11-8-7(16(19)20)9(15-1-3-21-4-2-15)14-10(13-8)12-5-6(17)18/h1-5H2,(H,17,18)(H3,11,12,13,14). The third kappa shape index (κ3) is 3.45. The molecule has 0 aliphatic carbocycles. The first-order valence-electron chi connectivity index (χ1n) is 6.09. The lowest BCUT2D eigenvalue weighted by molar-refractivity contribution is -0.383. The zero-order valence-corrected chi connectivity index (χ0v) is 11.0. The maximum atomic E-state index is 11.1. The van der Waals surface area contributed by atoms with Crippen LogP contribution in [0, 0.1) is 10.1 Å². The summed E-state index contributed by atoms with van der Waals surface area (Å²) in [6.07, 6.45) is 0.